The molecule has 0 saturated carbocycles. The first-order valence-electron chi connectivity index (χ1n) is 5.23. The van der Waals surface area contributed by atoms with E-state index in [2.05, 4.69) is 4.98 Å². The van der Waals surface area contributed by atoms with Gasteiger partial charge in [0.05, 0.1) is 22.9 Å². The molecule has 0 fully saturated rings. The summed E-state index contributed by atoms with van der Waals surface area (Å²) >= 11 is 5.82. The number of amides is 1. The Morgan fingerprint density at radius 1 is 1.53 bits per heavy atom. The monoisotopic (exact) mass is 283 g/mol. The van der Waals surface area contributed by atoms with Gasteiger partial charge in [0.1, 0.15) is 0 Å². The molecule has 1 N–H and O–H groups in total. The van der Waals surface area contributed by atoms with Gasteiger partial charge in [-0.25, -0.2) is 5.06 Å². The number of rotatable bonds is 3. The van der Waals surface area contributed by atoms with E-state index in [0.717, 1.165) is 5.06 Å². The molecule has 1 heterocycles. The van der Waals surface area contributed by atoms with E-state index in [9.17, 15) is 14.9 Å². The summed E-state index contributed by atoms with van der Waals surface area (Å²) in [5.41, 5.74) is -0.0146. The van der Waals surface area contributed by atoms with Gasteiger partial charge in [0.2, 0.25) is 0 Å². The number of hydroxylamine groups is 2. The van der Waals surface area contributed by atoms with Crippen molar-refractivity contribution in [1.29, 1.82) is 0 Å². The summed E-state index contributed by atoms with van der Waals surface area (Å²) in [7, 11) is 2.66. The van der Waals surface area contributed by atoms with Gasteiger partial charge < -0.3 is 4.98 Å². The van der Waals surface area contributed by atoms with Gasteiger partial charge in [-0.1, -0.05) is 11.6 Å². The first kappa shape index (κ1) is 13.3. The Morgan fingerprint density at radius 3 is 2.79 bits per heavy atom. The molecule has 0 aliphatic heterocycles. The number of fused-ring (bicyclic) bond motifs is 1. The zero-order chi connectivity index (χ0) is 14.2. The Hall–Kier alpha value is -2.12. The van der Waals surface area contributed by atoms with Crippen molar-refractivity contribution in [3.63, 3.8) is 0 Å². The van der Waals surface area contributed by atoms with Crippen molar-refractivity contribution in [2.45, 2.75) is 0 Å². The molecular formula is C11H10ClN3O4. The maximum absolute atomic E-state index is 12.0. The molecule has 0 aliphatic rings. The number of carbonyl (C=O) groups excluding carboxylic acids is 1. The molecular weight excluding hydrogens is 274 g/mol. The van der Waals surface area contributed by atoms with Gasteiger partial charge in [0.25, 0.3) is 0 Å². The van der Waals surface area contributed by atoms with Crippen molar-refractivity contribution in [3.8, 4) is 0 Å². The van der Waals surface area contributed by atoms with Gasteiger partial charge in [0.15, 0.2) is 5.69 Å². The molecule has 1 amide bonds. The largest absolute Gasteiger partial charge is 0.345 e. The topological polar surface area (TPSA) is 88.5 Å². The Labute approximate surface area is 112 Å². The van der Waals surface area contributed by atoms with E-state index in [0.29, 0.717) is 15.9 Å². The van der Waals surface area contributed by atoms with E-state index >= 15 is 0 Å². The molecule has 0 atom stereocenters. The quantitative estimate of drug-likeness (QED) is 0.692. The van der Waals surface area contributed by atoms with Gasteiger partial charge in [-0.3, -0.25) is 19.7 Å². The highest BCUT2D eigenvalue weighted by Gasteiger charge is 2.29. The van der Waals surface area contributed by atoms with Crippen molar-refractivity contribution >= 4 is 34.1 Å². The van der Waals surface area contributed by atoms with E-state index in [1.807, 2.05) is 0 Å². The fourth-order valence-electron chi connectivity index (χ4n) is 1.74. The molecule has 100 valence electrons. The van der Waals surface area contributed by atoms with Gasteiger partial charge >= 0.3 is 11.6 Å². The lowest BCUT2D eigenvalue weighted by molar-refractivity contribution is -0.383. The highest BCUT2D eigenvalue weighted by molar-refractivity contribution is 6.31. The number of nitrogens with zero attached hydrogens (tertiary/aromatic N) is 2. The molecule has 7 nitrogen and oxygen atoms in total. The lowest BCUT2D eigenvalue weighted by Crippen LogP contribution is -2.26. The highest BCUT2D eigenvalue weighted by atomic mass is 35.5. The second kappa shape index (κ2) is 4.87. The standard InChI is InChI=1S/C11H10ClN3O4/c1-14(19-2)11(16)9-10(15(17)18)7-4-3-6(12)5-8(7)13-9/h3-5,13H,1-2H3. The third-order valence-corrected chi connectivity index (χ3v) is 2.92. The van der Waals surface area contributed by atoms with Gasteiger partial charge in [-0.05, 0) is 18.2 Å². The normalized spacial score (nSPS) is 10.7. The number of hydrogen-bond donors (Lipinski definition) is 1. The van der Waals surface area contributed by atoms with Gasteiger partial charge in [-0.15, -0.1) is 0 Å². The smallest absolute Gasteiger partial charge is 0.307 e. The van der Waals surface area contributed by atoms with Crippen LogP contribution >= 0.6 is 11.6 Å². The van der Waals surface area contributed by atoms with Crippen molar-refractivity contribution in [3.05, 3.63) is 39.0 Å². The van der Waals surface area contributed by atoms with Crippen molar-refractivity contribution in [1.82, 2.24) is 10.0 Å². The summed E-state index contributed by atoms with van der Waals surface area (Å²) in [4.78, 5) is 30.0. The lowest BCUT2D eigenvalue weighted by atomic mass is 10.2. The van der Waals surface area contributed by atoms with Crippen molar-refractivity contribution < 1.29 is 14.6 Å². The lowest BCUT2D eigenvalue weighted by Gasteiger charge is -2.11. The van der Waals surface area contributed by atoms with Gasteiger partial charge in [-0.2, -0.15) is 0 Å². The molecule has 0 aliphatic carbocycles. The minimum absolute atomic E-state index is 0.147. The van der Waals surface area contributed by atoms with E-state index in [-0.39, 0.29) is 11.4 Å². The van der Waals surface area contributed by atoms with E-state index in [1.54, 1.807) is 0 Å². The first-order chi connectivity index (χ1) is 8.95. The Morgan fingerprint density at radius 2 is 2.21 bits per heavy atom. The summed E-state index contributed by atoms with van der Waals surface area (Å²) in [6.07, 6.45) is 0. The molecule has 2 aromatic rings. The summed E-state index contributed by atoms with van der Waals surface area (Å²) in [5.74, 6) is -0.637. The molecule has 0 bridgehead atoms. The second-order valence-electron chi connectivity index (χ2n) is 3.78. The second-order valence-corrected chi connectivity index (χ2v) is 4.22. The maximum atomic E-state index is 12.0. The molecule has 19 heavy (non-hydrogen) atoms. The fraction of sp³-hybridized carbons (Fsp3) is 0.182. The van der Waals surface area contributed by atoms with Crippen molar-refractivity contribution in [2.24, 2.45) is 0 Å². The minimum Gasteiger partial charge on any atom is -0.345 e. The fourth-order valence-corrected chi connectivity index (χ4v) is 1.91. The summed E-state index contributed by atoms with van der Waals surface area (Å²) < 4.78 is 0. The third-order valence-electron chi connectivity index (χ3n) is 2.69. The van der Waals surface area contributed by atoms with E-state index < -0.39 is 10.8 Å². The first-order valence-corrected chi connectivity index (χ1v) is 5.61. The molecule has 1 aromatic carbocycles. The minimum atomic E-state index is -0.637. The predicted octanol–water partition coefficient (Wildman–Crippen LogP) is 2.36. The van der Waals surface area contributed by atoms with Crippen LogP contribution in [0.4, 0.5) is 5.69 Å². The molecule has 0 radical (unpaired) electrons. The van der Waals surface area contributed by atoms with Crippen LogP contribution in [0.15, 0.2) is 18.2 Å². The molecule has 0 unspecified atom stereocenters. The molecule has 0 spiro atoms. The van der Waals surface area contributed by atoms with Gasteiger partial charge in [0, 0.05) is 12.1 Å². The molecule has 0 saturated heterocycles. The number of nitrogens with one attached hydrogen (secondary N) is 1. The zero-order valence-electron chi connectivity index (χ0n) is 10.1. The molecule has 1 aromatic heterocycles. The average Bonchev–Trinajstić information content (AvgIpc) is 2.75. The number of halogens is 1. The Kier molecular flexibility index (Phi) is 3.41. The van der Waals surface area contributed by atoms with Crippen LogP contribution in [0.2, 0.25) is 5.02 Å². The molecule has 2 rings (SSSR count). The number of aromatic nitrogens is 1. The SMILES string of the molecule is CON(C)C(=O)c1[nH]c2cc(Cl)ccc2c1[N+](=O)[O-]. The Balaban J connectivity index is 2.69. The summed E-state index contributed by atoms with van der Waals surface area (Å²) in [5, 5.41) is 12.8. The van der Waals surface area contributed by atoms with Crippen LogP contribution in [0.5, 0.6) is 0 Å². The van der Waals surface area contributed by atoms with Crippen LogP contribution in [-0.2, 0) is 4.84 Å². The zero-order valence-corrected chi connectivity index (χ0v) is 10.9. The van der Waals surface area contributed by atoms with Crippen LogP contribution in [-0.4, -0.2) is 35.0 Å². The van der Waals surface area contributed by atoms with Crippen LogP contribution in [0, 0.1) is 10.1 Å². The maximum Gasteiger partial charge on any atom is 0.307 e. The predicted molar refractivity (Wildman–Crippen MR) is 69.1 cm³/mol. The van der Waals surface area contributed by atoms with Crippen LogP contribution < -0.4 is 0 Å². The van der Waals surface area contributed by atoms with Crippen LogP contribution in [0.3, 0.4) is 0 Å². The number of benzene rings is 1. The number of hydrogen-bond acceptors (Lipinski definition) is 4. The number of carbonyl (C=O) groups is 1. The number of nitro groups is 1. The van der Waals surface area contributed by atoms with Crippen LogP contribution in [0.1, 0.15) is 10.5 Å². The average molecular weight is 284 g/mol. The highest BCUT2D eigenvalue weighted by Crippen LogP contribution is 2.32. The van der Waals surface area contributed by atoms with E-state index in [1.165, 1.54) is 32.4 Å². The van der Waals surface area contributed by atoms with Crippen LogP contribution in [0.25, 0.3) is 10.9 Å². The number of H-pyrrole nitrogens is 1. The van der Waals surface area contributed by atoms with Crippen molar-refractivity contribution in [2.75, 3.05) is 14.2 Å². The number of aromatic amines is 1. The van der Waals surface area contributed by atoms with E-state index in [4.69, 9.17) is 16.4 Å². The summed E-state index contributed by atoms with van der Waals surface area (Å²) in [6.45, 7) is 0. The third kappa shape index (κ3) is 2.25. The Bertz CT molecular complexity index is 667. The molecule has 8 heteroatoms. The summed E-state index contributed by atoms with van der Waals surface area (Å²) in [6, 6.07) is 4.54.